The second-order valence-electron chi connectivity index (χ2n) is 3.91. The molecule has 1 saturated carbocycles. The second kappa shape index (κ2) is 3.53. The SMILES string of the molecule is COc1bc(C2CCC2)cc(C)c1. The van der Waals surface area contributed by atoms with Crippen molar-refractivity contribution in [2.75, 3.05) is 7.11 Å². The standard InChI is InChI=1S/C11H15BO/c1-8-6-10(9-4-3-5-9)12-11(7-8)13-2/h6-7,9H,3-5H2,1-2H3. The fraction of sp³-hybridized carbons (Fsp3) is 0.545. The number of rotatable bonds is 2. The average molecular weight is 174 g/mol. The normalized spacial score (nSPS) is 16.5. The zero-order chi connectivity index (χ0) is 9.26. The van der Waals surface area contributed by atoms with Crippen molar-refractivity contribution in [3.05, 3.63) is 23.2 Å². The van der Waals surface area contributed by atoms with Crippen LogP contribution >= 0.6 is 0 Å². The molecule has 1 nitrogen and oxygen atoms in total. The first-order chi connectivity index (χ1) is 6.29. The Morgan fingerprint density at radius 3 is 2.69 bits per heavy atom. The van der Waals surface area contributed by atoms with Crippen LogP contribution in [0.5, 0.6) is 5.64 Å². The van der Waals surface area contributed by atoms with Crippen LogP contribution in [0.4, 0.5) is 0 Å². The maximum atomic E-state index is 5.25. The van der Waals surface area contributed by atoms with Crippen LogP contribution in [-0.4, -0.2) is 14.0 Å². The van der Waals surface area contributed by atoms with Gasteiger partial charge < -0.3 is 0 Å². The fourth-order valence-electron chi connectivity index (χ4n) is 1.87. The molecule has 1 aliphatic carbocycles. The molecule has 0 bridgehead atoms. The van der Waals surface area contributed by atoms with Crippen molar-refractivity contribution in [1.82, 2.24) is 0 Å². The van der Waals surface area contributed by atoms with Crippen LogP contribution in [0.15, 0.2) is 12.1 Å². The number of methoxy groups -OCH3 is 1. The molecule has 0 aliphatic heterocycles. The first-order valence-electron chi connectivity index (χ1n) is 4.95. The Morgan fingerprint density at radius 2 is 2.15 bits per heavy atom. The topological polar surface area (TPSA) is 9.23 Å². The predicted molar refractivity (Wildman–Crippen MR) is 55.7 cm³/mol. The van der Waals surface area contributed by atoms with E-state index in [0.717, 1.165) is 11.6 Å². The molecular weight excluding hydrogens is 159 g/mol. The van der Waals surface area contributed by atoms with E-state index in [0.29, 0.717) is 0 Å². The second-order valence-corrected chi connectivity index (χ2v) is 3.91. The molecule has 0 saturated heterocycles. The van der Waals surface area contributed by atoms with Crippen molar-refractivity contribution in [3.63, 3.8) is 0 Å². The summed E-state index contributed by atoms with van der Waals surface area (Å²) in [5, 5.41) is 0. The van der Waals surface area contributed by atoms with Gasteiger partial charge in [0.25, 0.3) is 0 Å². The molecule has 1 aliphatic rings. The summed E-state index contributed by atoms with van der Waals surface area (Å²) in [6, 6.07) is 4.37. The molecule has 0 spiro atoms. The van der Waals surface area contributed by atoms with Crippen LogP contribution < -0.4 is 4.74 Å². The van der Waals surface area contributed by atoms with E-state index < -0.39 is 0 Å². The van der Waals surface area contributed by atoms with Crippen LogP contribution in [0.3, 0.4) is 0 Å². The van der Waals surface area contributed by atoms with Crippen molar-refractivity contribution < 1.29 is 4.74 Å². The molecule has 1 aromatic rings. The van der Waals surface area contributed by atoms with Gasteiger partial charge in [0.05, 0.1) is 0 Å². The van der Waals surface area contributed by atoms with Gasteiger partial charge in [-0.15, -0.1) is 0 Å². The number of aryl methyl sites for hydroxylation is 1. The molecule has 13 heavy (non-hydrogen) atoms. The Hall–Kier alpha value is -0.785. The molecule has 0 radical (unpaired) electrons. The van der Waals surface area contributed by atoms with Gasteiger partial charge in [-0.05, 0) is 0 Å². The predicted octanol–water partition coefficient (Wildman–Crippen LogP) is 2.61. The van der Waals surface area contributed by atoms with Gasteiger partial charge in [-0.2, -0.15) is 0 Å². The van der Waals surface area contributed by atoms with Crippen LogP contribution in [0.2, 0.25) is 0 Å². The summed E-state index contributed by atoms with van der Waals surface area (Å²) in [6.45, 7) is 4.31. The molecule has 1 fully saturated rings. The van der Waals surface area contributed by atoms with Gasteiger partial charge in [0.2, 0.25) is 0 Å². The summed E-state index contributed by atoms with van der Waals surface area (Å²) in [5.74, 6) is 0.800. The van der Waals surface area contributed by atoms with Crippen LogP contribution in [0.1, 0.15) is 36.2 Å². The fourth-order valence-corrected chi connectivity index (χ4v) is 1.87. The van der Waals surface area contributed by atoms with Crippen molar-refractivity contribution >= 4 is 6.91 Å². The minimum absolute atomic E-state index is 0.800. The van der Waals surface area contributed by atoms with Crippen LogP contribution in [0, 0.1) is 6.92 Å². The molecule has 0 atom stereocenters. The van der Waals surface area contributed by atoms with E-state index in [4.69, 9.17) is 4.74 Å². The Labute approximate surface area is 80.3 Å². The van der Waals surface area contributed by atoms with Gasteiger partial charge in [0, 0.05) is 0 Å². The van der Waals surface area contributed by atoms with E-state index in [9.17, 15) is 0 Å². The zero-order valence-corrected chi connectivity index (χ0v) is 8.34. The molecule has 1 heterocycles. The molecule has 1 aromatic heterocycles. The molecule has 0 amide bonds. The van der Waals surface area contributed by atoms with Crippen molar-refractivity contribution in [2.24, 2.45) is 0 Å². The summed E-state index contributed by atoms with van der Waals surface area (Å²) in [6.07, 6.45) is 4.10. The van der Waals surface area contributed by atoms with Gasteiger partial charge >= 0.3 is 79.7 Å². The van der Waals surface area contributed by atoms with E-state index in [1.54, 1.807) is 7.11 Å². The van der Waals surface area contributed by atoms with Gasteiger partial charge in [0.15, 0.2) is 0 Å². The molecule has 0 aromatic carbocycles. The van der Waals surface area contributed by atoms with E-state index in [-0.39, 0.29) is 0 Å². The molecule has 0 unspecified atom stereocenters. The van der Waals surface area contributed by atoms with Crippen molar-refractivity contribution in [2.45, 2.75) is 32.1 Å². The van der Waals surface area contributed by atoms with Crippen LogP contribution in [0.25, 0.3) is 0 Å². The molecule has 0 N–H and O–H groups in total. The summed E-state index contributed by atoms with van der Waals surface area (Å²) < 4.78 is 5.25. The van der Waals surface area contributed by atoms with Gasteiger partial charge in [-0.3, -0.25) is 0 Å². The van der Waals surface area contributed by atoms with Gasteiger partial charge in [-0.1, -0.05) is 0 Å². The molecule has 68 valence electrons. The van der Waals surface area contributed by atoms with Gasteiger partial charge in [0.1, 0.15) is 0 Å². The first kappa shape index (κ1) is 8.80. The first-order valence-corrected chi connectivity index (χ1v) is 4.95. The third-order valence-electron chi connectivity index (χ3n) is 2.89. The van der Waals surface area contributed by atoms with Crippen molar-refractivity contribution in [1.29, 1.82) is 0 Å². The monoisotopic (exact) mass is 174 g/mol. The van der Waals surface area contributed by atoms with Crippen LogP contribution in [-0.2, 0) is 0 Å². The Kier molecular flexibility index (Phi) is 2.39. The third-order valence-corrected chi connectivity index (χ3v) is 2.89. The van der Waals surface area contributed by atoms with E-state index in [1.807, 2.05) is 0 Å². The Morgan fingerprint density at radius 1 is 1.38 bits per heavy atom. The number of hydrogen-bond donors (Lipinski definition) is 0. The quantitative estimate of drug-likeness (QED) is 0.669. The molecular formula is C11H15BO. The summed E-state index contributed by atoms with van der Waals surface area (Å²) in [5.41, 5.74) is 3.77. The van der Waals surface area contributed by atoms with E-state index in [2.05, 4.69) is 26.0 Å². The molecule has 2 heteroatoms. The average Bonchev–Trinajstić information content (AvgIpc) is 2.00. The maximum absolute atomic E-state index is 5.25. The van der Waals surface area contributed by atoms with E-state index >= 15 is 0 Å². The molecule has 2 rings (SSSR count). The Balaban J connectivity index is 2.28. The minimum atomic E-state index is 0.800. The number of ether oxygens (including phenoxy) is 1. The summed E-state index contributed by atoms with van der Waals surface area (Å²) in [4.78, 5) is 0. The van der Waals surface area contributed by atoms with Gasteiger partial charge in [-0.25, -0.2) is 0 Å². The zero-order valence-electron chi connectivity index (χ0n) is 8.34. The third kappa shape index (κ3) is 1.77. The van der Waals surface area contributed by atoms with E-state index in [1.165, 1.54) is 30.3 Å². The summed E-state index contributed by atoms with van der Waals surface area (Å²) >= 11 is 0. The number of hydrogen-bond acceptors (Lipinski definition) is 1. The summed E-state index contributed by atoms with van der Waals surface area (Å²) in [7, 11) is 1.74. The van der Waals surface area contributed by atoms with Crippen molar-refractivity contribution in [3.8, 4) is 5.64 Å². The Bertz CT molecular complexity index is 305.